The van der Waals surface area contributed by atoms with Gasteiger partial charge in [0, 0.05) is 13.5 Å². The van der Waals surface area contributed by atoms with Crippen molar-refractivity contribution in [2.24, 2.45) is 5.92 Å². The van der Waals surface area contributed by atoms with Gasteiger partial charge in [-0.1, -0.05) is 13.8 Å². The Hall–Kier alpha value is -1.23. The van der Waals surface area contributed by atoms with Crippen molar-refractivity contribution in [3.8, 4) is 5.75 Å². The Kier molecular flexibility index (Phi) is 4.18. The molecule has 0 aliphatic carbocycles. The molecular formula is C11H18N2O2S. The molecule has 4 nitrogen and oxygen atoms in total. The lowest BCUT2D eigenvalue weighted by Crippen LogP contribution is -2.07. The molecule has 0 fully saturated rings. The summed E-state index contributed by atoms with van der Waals surface area (Å²) in [4.78, 5) is 11.9. The highest BCUT2D eigenvalue weighted by Crippen LogP contribution is 2.42. The first-order valence-electron chi connectivity index (χ1n) is 5.18. The fourth-order valence-corrected chi connectivity index (χ4v) is 2.30. The summed E-state index contributed by atoms with van der Waals surface area (Å²) in [5.74, 6) is 1.07. The summed E-state index contributed by atoms with van der Waals surface area (Å²) < 4.78 is 5.21. The molecule has 0 amide bonds. The molecule has 0 unspecified atom stereocenters. The molecule has 0 spiro atoms. The van der Waals surface area contributed by atoms with Crippen LogP contribution in [0, 0.1) is 5.92 Å². The van der Waals surface area contributed by atoms with E-state index < -0.39 is 0 Å². The quantitative estimate of drug-likeness (QED) is 0.779. The molecular weight excluding hydrogens is 224 g/mol. The summed E-state index contributed by atoms with van der Waals surface area (Å²) in [6.45, 7) is 6.56. The molecule has 0 saturated heterocycles. The zero-order chi connectivity index (χ0) is 12.3. The number of thiophene rings is 1. The number of Topliss-reactive ketones (excluding diaryl/α,β-unsaturated/α-hetero) is 1. The van der Waals surface area contributed by atoms with E-state index in [-0.39, 0.29) is 5.78 Å². The van der Waals surface area contributed by atoms with Crippen molar-refractivity contribution in [1.82, 2.24) is 0 Å². The lowest BCUT2D eigenvalue weighted by Gasteiger charge is -2.08. The van der Waals surface area contributed by atoms with E-state index in [9.17, 15) is 4.79 Å². The summed E-state index contributed by atoms with van der Waals surface area (Å²) in [7, 11) is 1.56. The minimum absolute atomic E-state index is 0.0293. The van der Waals surface area contributed by atoms with E-state index in [4.69, 9.17) is 10.5 Å². The second-order valence-corrected chi connectivity index (χ2v) is 5.06. The van der Waals surface area contributed by atoms with Gasteiger partial charge in [0.05, 0.1) is 17.7 Å². The Labute approximate surface area is 99.8 Å². The van der Waals surface area contributed by atoms with Gasteiger partial charge >= 0.3 is 0 Å². The summed E-state index contributed by atoms with van der Waals surface area (Å²) >= 11 is 1.35. The number of ether oxygens (including phenoxy) is 1. The summed E-state index contributed by atoms with van der Waals surface area (Å²) in [6, 6.07) is 0. The lowest BCUT2D eigenvalue weighted by molar-refractivity contribution is 0.102. The van der Waals surface area contributed by atoms with Crippen molar-refractivity contribution >= 4 is 27.8 Å². The predicted molar refractivity (Wildman–Crippen MR) is 68.6 cm³/mol. The molecule has 1 aromatic rings. The molecule has 0 radical (unpaired) electrons. The smallest absolute Gasteiger partial charge is 0.176 e. The fraction of sp³-hybridized carbons (Fsp3) is 0.545. The Balaban J connectivity index is 2.99. The molecule has 0 bridgehead atoms. The molecule has 1 aromatic heterocycles. The summed E-state index contributed by atoms with van der Waals surface area (Å²) in [6.07, 6.45) is 0. The van der Waals surface area contributed by atoms with E-state index in [1.807, 2.05) is 0 Å². The van der Waals surface area contributed by atoms with E-state index in [0.717, 1.165) is 11.5 Å². The highest BCUT2D eigenvalue weighted by molar-refractivity contribution is 7.19. The molecule has 1 heterocycles. The van der Waals surface area contributed by atoms with E-state index in [0.29, 0.717) is 22.2 Å². The van der Waals surface area contributed by atoms with Gasteiger partial charge in [-0.05, 0) is 5.92 Å². The van der Waals surface area contributed by atoms with Crippen LogP contribution in [0.3, 0.4) is 0 Å². The molecule has 90 valence electrons. The standard InChI is InChI=1S/C11H18N2O2S/c1-6(2)5-13-11-9(15-4)8(12)10(16-11)7(3)14/h6,13H,5,12H2,1-4H3. The number of rotatable bonds is 5. The number of hydrogen-bond donors (Lipinski definition) is 2. The molecule has 5 heteroatoms. The van der Waals surface area contributed by atoms with Gasteiger partial charge < -0.3 is 15.8 Å². The average molecular weight is 242 g/mol. The van der Waals surface area contributed by atoms with Crippen LogP contribution < -0.4 is 15.8 Å². The Bertz CT molecular complexity index is 386. The third-order valence-corrected chi connectivity index (χ3v) is 3.34. The highest BCUT2D eigenvalue weighted by atomic mass is 32.1. The maximum absolute atomic E-state index is 11.3. The minimum atomic E-state index is -0.0293. The number of nitrogen functional groups attached to an aromatic ring is 1. The van der Waals surface area contributed by atoms with Crippen LogP contribution in [-0.4, -0.2) is 19.4 Å². The van der Waals surface area contributed by atoms with Crippen LogP contribution in [0.4, 0.5) is 10.7 Å². The third-order valence-electron chi connectivity index (χ3n) is 2.09. The van der Waals surface area contributed by atoms with Crippen LogP contribution >= 0.6 is 11.3 Å². The fourth-order valence-electron chi connectivity index (χ4n) is 1.31. The second kappa shape index (κ2) is 5.21. The summed E-state index contributed by atoms with van der Waals surface area (Å²) in [5, 5.41) is 4.07. The Morgan fingerprint density at radius 3 is 2.62 bits per heavy atom. The van der Waals surface area contributed by atoms with Crippen LogP contribution in [0.2, 0.25) is 0 Å². The molecule has 0 atom stereocenters. The Morgan fingerprint density at radius 1 is 1.56 bits per heavy atom. The topological polar surface area (TPSA) is 64.3 Å². The summed E-state index contributed by atoms with van der Waals surface area (Å²) in [5.41, 5.74) is 6.28. The minimum Gasteiger partial charge on any atom is -0.492 e. The average Bonchev–Trinajstić information content (AvgIpc) is 2.51. The van der Waals surface area contributed by atoms with E-state index >= 15 is 0 Å². The van der Waals surface area contributed by atoms with Crippen molar-refractivity contribution in [3.05, 3.63) is 4.88 Å². The zero-order valence-corrected chi connectivity index (χ0v) is 10.9. The van der Waals surface area contributed by atoms with Crippen LogP contribution in [0.25, 0.3) is 0 Å². The predicted octanol–water partition coefficient (Wildman–Crippen LogP) is 2.61. The first-order chi connectivity index (χ1) is 7.47. The van der Waals surface area contributed by atoms with Gasteiger partial charge in [0.1, 0.15) is 5.00 Å². The number of methoxy groups -OCH3 is 1. The maximum Gasteiger partial charge on any atom is 0.176 e. The van der Waals surface area contributed by atoms with Crippen molar-refractivity contribution < 1.29 is 9.53 Å². The first-order valence-corrected chi connectivity index (χ1v) is 6.00. The van der Waals surface area contributed by atoms with Gasteiger partial charge in [0.2, 0.25) is 0 Å². The van der Waals surface area contributed by atoms with Crippen LogP contribution in [0.1, 0.15) is 30.4 Å². The van der Waals surface area contributed by atoms with Gasteiger partial charge in [-0.25, -0.2) is 0 Å². The number of hydrogen-bond acceptors (Lipinski definition) is 5. The highest BCUT2D eigenvalue weighted by Gasteiger charge is 2.19. The largest absolute Gasteiger partial charge is 0.492 e. The van der Waals surface area contributed by atoms with Crippen LogP contribution in [0.5, 0.6) is 5.75 Å². The Morgan fingerprint density at radius 2 is 2.19 bits per heavy atom. The van der Waals surface area contributed by atoms with E-state index in [1.54, 1.807) is 7.11 Å². The number of nitrogens with one attached hydrogen (secondary N) is 1. The number of carbonyl (C=O) groups is 1. The number of anilines is 2. The van der Waals surface area contributed by atoms with Gasteiger partial charge in [-0.2, -0.15) is 0 Å². The molecule has 0 aliphatic rings. The molecule has 16 heavy (non-hydrogen) atoms. The molecule has 0 saturated carbocycles. The number of nitrogens with two attached hydrogens (primary N) is 1. The van der Waals surface area contributed by atoms with E-state index in [2.05, 4.69) is 19.2 Å². The maximum atomic E-state index is 11.3. The van der Waals surface area contributed by atoms with Crippen molar-refractivity contribution in [1.29, 1.82) is 0 Å². The van der Waals surface area contributed by atoms with Gasteiger partial charge in [-0.3, -0.25) is 4.79 Å². The first kappa shape index (κ1) is 12.8. The number of carbonyl (C=O) groups excluding carboxylic acids is 1. The van der Waals surface area contributed by atoms with Crippen molar-refractivity contribution in [2.45, 2.75) is 20.8 Å². The van der Waals surface area contributed by atoms with Crippen molar-refractivity contribution in [2.75, 3.05) is 24.7 Å². The monoisotopic (exact) mass is 242 g/mol. The molecule has 3 N–H and O–H groups in total. The van der Waals surface area contributed by atoms with Gasteiger partial charge in [0.25, 0.3) is 0 Å². The zero-order valence-electron chi connectivity index (χ0n) is 10.1. The van der Waals surface area contributed by atoms with Crippen LogP contribution in [-0.2, 0) is 0 Å². The number of ketones is 1. The van der Waals surface area contributed by atoms with E-state index in [1.165, 1.54) is 18.3 Å². The molecule has 1 rings (SSSR count). The SMILES string of the molecule is COc1c(NCC(C)C)sc(C(C)=O)c1N. The molecule has 0 aliphatic heterocycles. The molecule has 0 aromatic carbocycles. The van der Waals surface area contributed by atoms with Gasteiger partial charge in [0.15, 0.2) is 11.5 Å². The normalized spacial score (nSPS) is 10.6. The van der Waals surface area contributed by atoms with Crippen LogP contribution in [0.15, 0.2) is 0 Å². The third kappa shape index (κ3) is 2.66. The second-order valence-electron chi connectivity index (χ2n) is 4.04. The van der Waals surface area contributed by atoms with Gasteiger partial charge in [-0.15, -0.1) is 11.3 Å². The van der Waals surface area contributed by atoms with Crippen molar-refractivity contribution in [3.63, 3.8) is 0 Å². The lowest BCUT2D eigenvalue weighted by atomic mass is 10.2.